The van der Waals surface area contributed by atoms with Crippen molar-refractivity contribution in [2.75, 3.05) is 40.4 Å². The molecule has 0 bridgehead atoms. The van der Waals surface area contributed by atoms with E-state index in [4.69, 9.17) is 9.47 Å². The lowest BCUT2D eigenvalue weighted by molar-refractivity contribution is -0.127. The molecule has 1 unspecified atom stereocenters. The summed E-state index contributed by atoms with van der Waals surface area (Å²) in [6.07, 6.45) is 4.25. The van der Waals surface area contributed by atoms with Crippen LogP contribution in [0.5, 0.6) is 0 Å². The molecule has 0 aromatic rings. The van der Waals surface area contributed by atoms with Gasteiger partial charge in [0.05, 0.1) is 6.61 Å². The average molecular weight is 553 g/mol. The van der Waals surface area contributed by atoms with Crippen LogP contribution in [0.1, 0.15) is 52.9 Å². The zero-order chi connectivity index (χ0) is 22.1. The van der Waals surface area contributed by atoms with Crippen LogP contribution in [0, 0.1) is 5.92 Å². The molecule has 180 valence electrons. The van der Waals surface area contributed by atoms with Crippen LogP contribution >= 0.6 is 24.0 Å². The van der Waals surface area contributed by atoms with Gasteiger partial charge < -0.3 is 30.3 Å². The van der Waals surface area contributed by atoms with Crippen LogP contribution in [0.15, 0.2) is 4.99 Å². The van der Waals surface area contributed by atoms with Gasteiger partial charge in [0.2, 0.25) is 5.91 Å². The molecule has 2 aliphatic rings. The molecule has 9 nitrogen and oxygen atoms in total. The first-order valence-corrected chi connectivity index (χ1v) is 10.9. The van der Waals surface area contributed by atoms with Crippen molar-refractivity contribution >= 4 is 41.9 Å². The normalized spacial score (nSPS) is 24.0. The number of amides is 2. The number of carbonyl (C=O) groups is 2. The van der Waals surface area contributed by atoms with E-state index in [9.17, 15) is 9.59 Å². The predicted molar refractivity (Wildman–Crippen MR) is 132 cm³/mol. The maximum atomic E-state index is 12.0. The van der Waals surface area contributed by atoms with Crippen molar-refractivity contribution in [2.24, 2.45) is 10.9 Å². The fourth-order valence-corrected chi connectivity index (χ4v) is 3.48. The maximum absolute atomic E-state index is 12.0. The summed E-state index contributed by atoms with van der Waals surface area (Å²) in [5, 5.41) is 9.81. The van der Waals surface area contributed by atoms with Crippen LogP contribution in [0.2, 0.25) is 0 Å². The second-order valence-corrected chi connectivity index (χ2v) is 9.40. The van der Waals surface area contributed by atoms with Gasteiger partial charge in [-0.3, -0.25) is 4.79 Å². The molecule has 10 heteroatoms. The topological polar surface area (TPSA) is 104 Å². The number of hydrogen-bond donors (Lipinski definition) is 3. The third kappa shape index (κ3) is 11.2. The van der Waals surface area contributed by atoms with Gasteiger partial charge in [0.25, 0.3) is 0 Å². The van der Waals surface area contributed by atoms with E-state index < -0.39 is 5.60 Å². The summed E-state index contributed by atoms with van der Waals surface area (Å²) >= 11 is 0. The minimum atomic E-state index is -0.492. The molecular formula is C21H40IN5O4. The molecule has 1 aliphatic heterocycles. The van der Waals surface area contributed by atoms with E-state index in [-0.39, 0.29) is 54.6 Å². The zero-order valence-electron chi connectivity index (χ0n) is 19.5. The fourth-order valence-electron chi connectivity index (χ4n) is 3.48. The second-order valence-electron chi connectivity index (χ2n) is 9.40. The molecule has 1 saturated heterocycles. The Morgan fingerprint density at radius 2 is 1.68 bits per heavy atom. The number of rotatable bonds is 6. The smallest absolute Gasteiger partial charge is 0.407 e. The lowest BCUT2D eigenvalue weighted by Crippen LogP contribution is -2.49. The van der Waals surface area contributed by atoms with Crippen LogP contribution < -0.4 is 16.0 Å². The molecule has 1 saturated carbocycles. The summed E-state index contributed by atoms with van der Waals surface area (Å²) in [6, 6.07) is 0.374. The molecule has 2 rings (SSSR count). The Balaban J connectivity index is 0.00000480. The summed E-state index contributed by atoms with van der Waals surface area (Å²) in [6.45, 7) is 8.04. The first-order valence-electron chi connectivity index (χ1n) is 10.9. The highest BCUT2D eigenvalue weighted by Crippen LogP contribution is 2.19. The Labute approximate surface area is 203 Å². The van der Waals surface area contributed by atoms with Crippen molar-refractivity contribution in [3.63, 3.8) is 0 Å². The standard InChI is InChI=1S/C21H39N5O4.HI/c1-21(2,3)30-20(28)25-17-8-6-16(7-9-17)24-19(23-13-18(27)26(4)5)22-12-15-10-11-29-14-15;/h15-17H,6-14H2,1-5H3,(H,25,28)(H2,22,23,24);1H. The van der Waals surface area contributed by atoms with E-state index >= 15 is 0 Å². The molecule has 31 heavy (non-hydrogen) atoms. The van der Waals surface area contributed by atoms with Crippen molar-refractivity contribution in [1.29, 1.82) is 0 Å². The van der Waals surface area contributed by atoms with Gasteiger partial charge in [0, 0.05) is 45.2 Å². The van der Waals surface area contributed by atoms with Gasteiger partial charge in [0.1, 0.15) is 12.1 Å². The molecule has 1 heterocycles. The molecule has 0 aromatic heterocycles. The number of nitrogens with zero attached hydrogens (tertiary/aromatic N) is 2. The van der Waals surface area contributed by atoms with Crippen molar-refractivity contribution in [1.82, 2.24) is 20.9 Å². The quantitative estimate of drug-likeness (QED) is 0.265. The van der Waals surface area contributed by atoms with Crippen molar-refractivity contribution in [3.05, 3.63) is 0 Å². The van der Waals surface area contributed by atoms with Gasteiger partial charge in [-0.25, -0.2) is 9.79 Å². The number of halogens is 1. The van der Waals surface area contributed by atoms with Crippen LogP contribution in [-0.4, -0.2) is 80.9 Å². The van der Waals surface area contributed by atoms with E-state index in [2.05, 4.69) is 20.9 Å². The molecule has 2 amide bonds. The Bertz CT molecular complexity index is 595. The van der Waals surface area contributed by atoms with Gasteiger partial charge in [-0.1, -0.05) is 0 Å². The molecule has 2 fully saturated rings. The van der Waals surface area contributed by atoms with Crippen LogP contribution in [0.25, 0.3) is 0 Å². The third-order valence-electron chi connectivity index (χ3n) is 5.24. The minimum absolute atomic E-state index is 0. The van der Waals surface area contributed by atoms with Gasteiger partial charge in [0.15, 0.2) is 5.96 Å². The van der Waals surface area contributed by atoms with Crippen LogP contribution in [-0.2, 0) is 14.3 Å². The minimum Gasteiger partial charge on any atom is -0.444 e. The lowest BCUT2D eigenvalue weighted by Gasteiger charge is -2.31. The number of carbonyl (C=O) groups excluding carboxylic acids is 2. The summed E-state index contributed by atoms with van der Waals surface area (Å²) < 4.78 is 10.8. The highest BCUT2D eigenvalue weighted by molar-refractivity contribution is 14.0. The van der Waals surface area contributed by atoms with Crippen LogP contribution in [0.3, 0.4) is 0 Å². The first-order chi connectivity index (χ1) is 14.1. The number of aliphatic imine (C=N–C) groups is 1. The number of hydrogen-bond acceptors (Lipinski definition) is 5. The van der Waals surface area contributed by atoms with E-state index in [0.29, 0.717) is 11.9 Å². The number of alkyl carbamates (subject to hydrolysis) is 1. The zero-order valence-corrected chi connectivity index (χ0v) is 21.9. The Morgan fingerprint density at radius 3 is 2.19 bits per heavy atom. The molecule has 0 radical (unpaired) electrons. The molecule has 0 spiro atoms. The van der Waals surface area contributed by atoms with E-state index in [1.165, 1.54) is 0 Å². The van der Waals surface area contributed by atoms with Crippen molar-refractivity contribution < 1.29 is 19.1 Å². The Hall–Kier alpha value is -1.30. The van der Waals surface area contributed by atoms with Gasteiger partial charge >= 0.3 is 6.09 Å². The molecule has 0 aromatic carbocycles. The van der Waals surface area contributed by atoms with Crippen molar-refractivity contribution in [2.45, 2.75) is 70.6 Å². The van der Waals surface area contributed by atoms with Gasteiger partial charge in [-0.05, 0) is 52.9 Å². The van der Waals surface area contributed by atoms with E-state index in [1.54, 1.807) is 19.0 Å². The average Bonchev–Trinajstić information content (AvgIpc) is 3.17. The summed E-state index contributed by atoms with van der Waals surface area (Å²) in [5.41, 5.74) is -0.492. The SMILES string of the molecule is CN(C)C(=O)CN=C(NCC1CCOC1)NC1CCC(NC(=O)OC(C)(C)C)CC1.I. The fraction of sp³-hybridized carbons (Fsp3) is 0.857. The largest absolute Gasteiger partial charge is 0.444 e. The highest BCUT2D eigenvalue weighted by Gasteiger charge is 2.25. The summed E-state index contributed by atoms with van der Waals surface area (Å²) in [5.74, 6) is 1.10. The first kappa shape index (κ1) is 27.7. The monoisotopic (exact) mass is 553 g/mol. The number of nitrogens with one attached hydrogen (secondary N) is 3. The Kier molecular flexibility index (Phi) is 11.9. The third-order valence-corrected chi connectivity index (χ3v) is 5.24. The Morgan fingerprint density at radius 1 is 1.06 bits per heavy atom. The van der Waals surface area contributed by atoms with Crippen molar-refractivity contribution in [3.8, 4) is 0 Å². The van der Waals surface area contributed by atoms with E-state index in [0.717, 1.165) is 51.9 Å². The van der Waals surface area contributed by atoms with E-state index in [1.807, 2.05) is 20.8 Å². The summed E-state index contributed by atoms with van der Waals surface area (Å²) in [4.78, 5) is 29.9. The second kappa shape index (κ2) is 13.3. The number of guanidine groups is 1. The molecule has 3 N–H and O–H groups in total. The van der Waals surface area contributed by atoms with Crippen LogP contribution in [0.4, 0.5) is 4.79 Å². The molecule has 1 atom stereocenters. The summed E-state index contributed by atoms with van der Waals surface area (Å²) in [7, 11) is 3.46. The number of likely N-dealkylation sites (N-methyl/N-ethyl adjacent to an activating group) is 1. The molecule has 1 aliphatic carbocycles. The van der Waals surface area contributed by atoms with Gasteiger partial charge in [-0.15, -0.1) is 24.0 Å². The molecular weight excluding hydrogens is 513 g/mol. The predicted octanol–water partition coefficient (Wildman–Crippen LogP) is 2.10. The maximum Gasteiger partial charge on any atom is 0.407 e. The van der Waals surface area contributed by atoms with Gasteiger partial charge in [-0.2, -0.15) is 0 Å². The lowest BCUT2D eigenvalue weighted by atomic mass is 9.91. The highest BCUT2D eigenvalue weighted by atomic mass is 127. The number of ether oxygens (including phenoxy) is 2.